The van der Waals surface area contributed by atoms with E-state index in [-0.39, 0.29) is 12.0 Å². The fraction of sp³-hybridized carbons (Fsp3) is 0.294. The first-order valence-electron chi connectivity index (χ1n) is 7.60. The van der Waals surface area contributed by atoms with Crippen LogP contribution < -0.4 is 5.32 Å². The number of hydrogen-bond donors (Lipinski definition) is 1. The van der Waals surface area contributed by atoms with E-state index in [4.69, 9.17) is 16.3 Å². The third-order valence-corrected chi connectivity index (χ3v) is 5.51. The van der Waals surface area contributed by atoms with Crippen molar-refractivity contribution in [2.75, 3.05) is 13.2 Å². The molecule has 1 fully saturated rings. The molecule has 1 amide bonds. The van der Waals surface area contributed by atoms with E-state index in [1.807, 2.05) is 30.3 Å². The van der Waals surface area contributed by atoms with Crippen molar-refractivity contribution in [1.29, 1.82) is 0 Å². The largest absolute Gasteiger partial charge is 0.376 e. The molecule has 4 rings (SSSR count). The van der Waals surface area contributed by atoms with Gasteiger partial charge in [-0.15, -0.1) is 11.3 Å². The fourth-order valence-corrected chi connectivity index (χ4v) is 4.29. The Morgan fingerprint density at radius 2 is 2.26 bits per heavy atom. The summed E-state index contributed by atoms with van der Waals surface area (Å²) in [5, 5.41) is 5.24. The zero-order valence-corrected chi connectivity index (χ0v) is 13.9. The number of rotatable bonds is 3. The van der Waals surface area contributed by atoms with Gasteiger partial charge in [0.2, 0.25) is 0 Å². The van der Waals surface area contributed by atoms with E-state index in [0.29, 0.717) is 16.6 Å². The van der Waals surface area contributed by atoms with Crippen molar-refractivity contribution in [1.82, 2.24) is 10.3 Å². The lowest BCUT2D eigenvalue weighted by Gasteiger charge is -2.09. The fourth-order valence-electron chi connectivity index (χ4n) is 2.88. The summed E-state index contributed by atoms with van der Waals surface area (Å²) in [5.41, 5.74) is 0.846. The minimum Gasteiger partial charge on any atom is -0.376 e. The summed E-state index contributed by atoms with van der Waals surface area (Å²) in [6.45, 7) is 1.34. The number of thiophene rings is 1. The summed E-state index contributed by atoms with van der Waals surface area (Å²) in [7, 11) is 0. The number of benzene rings is 1. The predicted octanol–water partition coefficient (Wildman–Crippen LogP) is 4.01. The van der Waals surface area contributed by atoms with Crippen LogP contribution >= 0.6 is 22.9 Å². The van der Waals surface area contributed by atoms with Crippen LogP contribution in [-0.2, 0) is 4.74 Å². The van der Waals surface area contributed by atoms with Gasteiger partial charge in [0, 0.05) is 28.6 Å². The molecule has 3 aromatic rings. The number of halogens is 1. The van der Waals surface area contributed by atoms with Gasteiger partial charge in [0.15, 0.2) is 0 Å². The van der Waals surface area contributed by atoms with E-state index in [2.05, 4.69) is 10.3 Å². The number of pyridine rings is 1. The van der Waals surface area contributed by atoms with Crippen LogP contribution in [0.1, 0.15) is 22.5 Å². The zero-order chi connectivity index (χ0) is 15.8. The molecule has 2 aromatic heterocycles. The Hall–Kier alpha value is -1.69. The number of ether oxygens (including phenoxy) is 1. The molecule has 6 heteroatoms. The highest BCUT2D eigenvalue weighted by Gasteiger charge is 2.19. The van der Waals surface area contributed by atoms with Crippen LogP contribution in [0, 0.1) is 0 Å². The number of amides is 1. The summed E-state index contributed by atoms with van der Waals surface area (Å²) >= 11 is 7.73. The Bertz CT molecular complexity index is 887. The summed E-state index contributed by atoms with van der Waals surface area (Å²) in [6, 6.07) is 9.66. The molecular formula is C17H15ClN2O2S. The second-order valence-electron chi connectivity index (χ2n) is 5.62. The van der Waals surface area contributed by atoms with Crippen LogP contribution in [0.15, 0.2) is 30.3 Å². The Balaban J connectivity index is 1.66. The Labute approximate surface area is 142 Å². The SMILES string of the molecule is O=C(NC[C@H]1CCCO1)c1cc2c(Cl)nc3ccccc3c2s1. The van der Waals surface area contributed by atoms with Crippen LogP contribution in [0.5, 0.6) is 0 Å². The lowest BCUT2D eigenvalue weighted by atomic mass is 10.2. The van der Waals surface area contributed by atoms with Crippen molar-refractivity contribution in [2.45, 2.75) is 18.9 Å². The number of para-hydroxylation sites is 1. The first-order chi connectivity index (χ1) is 11.2. The van der Waals surface area contributed by atoms with Crippen molar-refractivity contribution in [3.05, 3.63) is 40.4 Å². The van der Waals surface area contributed by atoms with E-state index < -0.39 is 0 Å². The highest BCUT2D eigenvalue weighted by molar-refractivity contribution is 7.21. The van der Waals surface area contributed by atoms with Crippen LogP contribution in [0.3, 0.4) is 0 Å². The van der Waals surface area contributed by atoms with Crippen molar-refractivity contribution in [3.8, 4) is 0 Å². The molecule has 0 aliphatic carbocycles. The topological polar surface area (TPSA) is 51.2 Å². The molecule has 1 N–H and O–H groups in total. The number of carbonyl (C=O) groups excluding carboxylic acids is 1. The van der Waals surface area contributed by atoms with Crippen LogP contribution in [0.4, 0.5) is 0 Å². The molecular weight excluding hydrogens is 332 g/mol. The van der Waals surface area contributed by atoms with Gasteiger partial charge < -0.3 is 10.1 Å². The molecule has 0 spiro atoms. The van der Waals surface area contributed by atoms with Gasteiger partial charge in [-0.2, -0.15) is 0 Å². The second-order valence-corrected chi connectivity index (χ2v) is 7.03. The molecule has 4 nitrogen and oxygen atoms in total. The first-order valence-corrected chi connectivity index (χ1v) is 8.79. The monoisotopic (exact) mass is 346 g/mol. The molecule has 1 aromatic carbocycles. The number of nitrogens with one attached hydrogen (secondary N) is 1. The minimum absolute atomic E-state index is 0.0816. The van der Waals surface area contributed by atoms with Gasteiger partial charge in [-0.1, -0.05) is 29.8 Å². The highest BCUT2D eigenvalue weighted by atomic mass is 35.5. The molecule has 0 bridgehead atoms. The second kappa shape index (κ2) is 6.07. The van der Waals surface area contributed by atoms with Gasteiger partial charge >= 0.3 is 0 Å². The van der Waals surface area contributed by atoms with Crippen molar-refractivity contribution < 1.29 is 9.53 Å². The van der Waals surface area contributed by atoms with E-state index >= 15 is 0 Å². The van der Waals surface area contributed by atoms with E-state index in [1.165, 1.54) is 11.3 Å². The molecule has 0 unspecified atom stereocenters. The zero-order valence-electron chi connectivity index (χ0n) is 12.3. The van der Waals surface area contributed by atoms with Crippen molar-refractivity contribution >= 4 is 49.8 Å². The Morgan fingerprint density at radius 3 is 3.09 bits per heavy atom. The Kier molecular flexibility index (Phi) is 3.93. The van der Waals surface area contributed by atoms with E-state index in [0.717, 1.165) is 40.4 Å². The number of hydrogen-bond acceptors (Lipinski definition) is 4. The standard InChI is InChI=1S/C17H15ClN2O2S/c18-16-12-8-14(17(21)19-9-10-4-3-7-22-10)23-15(12)11-5-1-2-6-13(11)20-16/h1-2,5-6,8,10H,3-4,7,9H2,(H,19,21)/t10-/m1/s1. The molecule has 0 radical (unpaired) electrons. The van der Waals surface area contributed by atoms with E-state index in [1.54, 1.807) is 0 Å². The maximum Gasteiger partial charge on any atom is 0.261 e. The average Bonchev–Trinajstić information content (AvgIpc) is 3.23. The average molecular weight is 347 g/mol. The number of nitrogens with zero attached hydrogens (tertiary/aromatic N) is 1. The van der Waals surface area contributed by atoms with Crippen molar-refractivity contribution in [2.24, 2.45) is 0 Å². The molecule has 118 valence electrons. The minimum atomic E-state index is -0.0816. The van der Waals surface area contributed by atoms with E-state index in [9.17, 15) is 4.79 Å². The Morgan fingerprint density at radius 1 is 1.39 bits per heavy atom. The van der Waals surface area contributed by atoms with Crippen LogP contribution in [0.25, 0.3) is 21.0 Å². The first kappa shape index (κ1) is 14.9. The van der Waals surface area contributed by atoms with Crippen LogP contribution in [0.2, 0.25) is 5.15 Å². The van der Waals surface area contributed by atoms with Crippen molar-refractivity contribution in [3.63, 3.8) is 0 Å². The molecule has 1 saturated heterocycles. The summed E-state index contributed by atoms with van der Waals surface area (Å²) in [4.78, 5) is 17.5. The molecule has 1 aliphatic rings. The molecule has 23 heavy (non-hydrogen) atoms. The predicted molar refractivity (Wildman–Crippen MR) is 93.4 cm³/mol. The summed E-state index contributed by atoms with van der Waals surface area (Å²) < 4.78 is 6.54. The molecule has 0 saturated carbocycles. The van der Waals surface area contributed by atoms with Gasteiger partial charge in [0.25, 0.3) is 5.91 Å². The van der Waals surface area contributed by atoms with Gasteiger partial charge in [-0.3, -0.25) is 4.79 Å². The molecule has 3 heterocycles. The maximum absolute atomic E-state index is 12.4. The summed E-state index contributed by atoms with van der Waals surface area (Å²) in [6.07, 6.45) is 2.21. The smallest absolute Gasteiger partial charge is 0.261 e. The highest BCUT2D eigenvalue weighted by Crippen LogP contribution is 2.35. The lowest BCUT2D eigenvalue weighted by Crippen LogP contribution is -2.31. The third kappa shape index (κ3) is 2.80. The lowest BCUT2D eigenvalue weighted by molar-refractivity contribution is 0.0861. The number of fused-ring (bicyclic) bond motifs is 3. The quantitative estimate of drug-likeness (QED) is 0.729. The maximum atomic E-state index is 12.4. The number of aromatic nitrogens is 1. The molecule has 1 atom stereocenters. The van der Waals surface area contributed by atoms with Gasteiger partial charge in [0.05, 0.1) is 16.5 Å². The third-order valence-electron chi connectivity index (χ3n) is 4.06. The van der Waals surface area contributed by atoms with Gasteiger partial charge in [0.1, 0.15) is 5.15 Å². The summed E-state index contributed by atoms with van der Waals surface area (Å²) in [5.74, 6) is -0.0816. The normalized spacial score (nSPS) is 17.9. The van der Waals surface area contributed by atoms with Crippen LogP contribution in [-0.4, -0.2) is 30.1 Å². The number of carbonyl (C=O) groups is 1. The molecule has 1 aliphatic heterocycles. The van der Waals surface area contributed by atoms with Gasteiger partial charge in [-0.25, -0.2) is 4.98 Å². The van der Waals surface area contributed by atoms with Gasteiger partial charge in [-0.05, 0) is 25.0 Å².